The molecular formula is C25H26N4O4. The number of hydrogen-bond donors (Lipinski definition) is 2. The van der Waals surface area contributed by atoms with Crippen LogP contribution in [0.3, 0.4) is 0 Å². The SMILES string of the molecule is Cc1cccc(C(=O)N2CCCN(C(=O)CNC(=O)c3c[nH]c4ccccc4c3=O)CC2)c1. The van der Waals surface area contributed by atoms with Gasteiger partial charge in [-0.25, -0.2) is 0 Å². The molecule has 1 saturated heterocycles. The van der Waals surface area contributed by atoms with E-state index in [-0.39, 0.29) is 29.4 Å². The van der Waals surface area contributed by atoms with Gasteiger partial charge in [-0.2, -0.15) is 0 Å². The Hall–Kier alpha value is -3.94. The zero-order chi connectivity index (χ0) is 23.4. The summed E-state index contributed by atoms with van der Waals surface area (Å²) < 4.78 is 0. The Kier molecular flexibility index (Phi) is 6.53. The van der Waals surface area contributed by atoms with Crippen molar-refractivity contribution in [2.24, 2.45) is 0 Å². The monoisotopic (exact) mass is 446 g/mol. The van der Waals surface area contributed by atoms with Crippen molar-refractivity contribution in [3.8, 4) is 0 Å². The highest BCUT2D eigenvalue weighted by atomic mass is 16.2. The number of carbonyl (C=O) groups excluding carboxylic acids is 3. The molecule has 4 rings (SSSR count). The van der Waals surface area contributed by atoms with Crippen LogP contribution in [0.2, 0.25) is 0 Å². The lowest BCUT2D eigenvalue weighted by Gasteiger charge is -2.22. The van der Waals surface area contributed by atoms with Gasteiger partial charge in [-0.05, 0) is 37.6 Å². The molecule has 3 amide bonds. The van der Waals surface area contributed by atoms with Crippen molar-refractivity contribution in [3.05, 3.63) is 81.6 Å². The van der Waals surface area contributed by atoms with Crippen molar-refractivity contribution >= 4 is 28.6 Å². The summed E-state index contributed by atoms with van der Waals surface area (Å²) in [7, 11) is 0. The number of nitrogens with one attached hydrogen (secondary N) is 2. The number of amides is 3. The van der Waals surface area contributed by atoms with Crippen LogP contribution < -0.4 is 10.7 Å². The van der Waals surface area contributed by atoms with E-state index in [1.54, 1.807) is 40.1 Å². The van der Waals surface area contributed by atoms with Crippen molar-refractivity contribution < 1.29 is 14.4 Å². The first-order valence-electron chi connectivity index (χ1n) is 11.0. The molecule has 8 heteroatoms. The van der Waals surface area contributed by atoms with Gasteiger partial charge in [-0.1, -0.05) is 29.8 Å². The molecule has 0 unspecified atom stereocenters. The Morgan fingerprint density at radius 2 is 1.73 bits per heavy atom. The van der Waals surface area contributed by atoms with E-state index in [1.165, 1.54) is 6.20 Å². The molecule has 0 bridgehead atoms. The number of para-hydroxylation sites is 1. The predicted octanol–water partition coefficient (Wildman–Crippen LogP) is 1.94. The minimum Gasteiger partial charge on any atom is -0.360 e. The Labute approximate surface area is 191 Å². The molecule has 0 saturated carbocycles. The molecule has 0 radical (unpaired) electrons. The highest BCUT2D eigenvalue weighted by Gasteiger charge is 2.23. The molecule has 0 spiro atoms. The zero-order valence-electron chi connectivity index (χ0n) is 18.5. The van der Waals surface area contributed by atoms with Crippen molar-refractivity contribution in [3.63, 3.8) is 0 Å². The van der Waals surface area contributed by atoms with Crippen LogP contribution in [0.4, 0.5) is 0 Å². The largest absolute Gasteiger partial charge is 0.360 e. The molecule has 2 N–H and O–H groups in total. The summed E-state index contributed by atoms with van der Waals surface area (Å²) in [6.45, 7) is 3.62. The second-order valence-corrected chi connectivity index (χ2v) is 8.16. The van der Waals surface area contributed by atoms with Gasteiger partial charge >= 0.3 is 0 Å². The lowest BCUT2D eigenvalue weighted by atomic mass is 10.1. The maximum absolute atomic E-state index is 12.8. The van der Waals surface area contributed by atoms with Crippen LogP contribution in [0, 0.1) is 6.92 Å². The summed E-state index contributed by atoms with van der Waals surface area (Å²) in [5, 5.41) is 2.98. The Morgan fingerprint density at radius 3 is 2.55 bits per heavy atom. The Bertz CT molecular complexity index is 1270. The van der Waals surface area contributed by atoms with Crippen LogP contribution in [0.25, 0.3) is 10.9 Å². The van der Waals surface area contributed by atoms with E-state index in [9.17, 15) is 19.2 Å². The van der Waals surface area contributed by atoms with Gasteiger partial charge in [0, 0.05) is 48.8 Å². The summed E-state index contributed by atoms with van der Waals surface area (Å²) in [5.41, 5.74) is 1.89. The number of fused-ring (bicyclic) bond motifs is 1. The molecule has 2 heterocycles. The van der Waals surface area contributed by atoms with Crippen LogP contribution >= 0.6 is 0 Å². The van der Waals surface area contributed by atoms with Crippen molar-refractivity contribution in [2.75, 3.05) is 32.7 Å². The van der Waals surface area contributed by atoms with E-state index in [2.05, 4.69) is 10.3 Å². The summed E-state index contributed by atoms with van der Waals surface area (Å²) in [6, 6.07) is 14.4. The van der Waals surface area contributed by atoms with E-state index >= 15 is 0 Å². The second kappa shape index (κ2) is 9.68. The topological polar surface area (TPSA) is 103 Å². The van der Waals surface area contributed by atoms with Gasteiger partial charge in [0.15, 0.2) is 0 Å². The molecule has 170 valence electrons. The smallest absolute Gasteiger partial charge is 0.257 e. The summed E-state index contributed by atoms with van der Waals surface area (Å²) in [6.07, 6.45) is 2.02. The van der Waals surface area contributed by atoms with E-state index in [4.69, 9.17) is 0 Å². The normalized spacial score (nSPS) is 14.1. The Morgan fingerprint density at radius 1 is 0.970 bits per heavy atom. The molecule has 0 aliphatic carbocycles. The van der Waals surface area contributed by atoms with E-state index in [0.29, 0.717) is 49.1 Å². The van der Waals surface area contributed by atoms with E-state index < -0.39 is 5.91 Å². The molecule has 1 aromatic heterocycles. The molecular weight excluding hydrogens is 420 g/mol. The molecule has 8 nitrogen and oxygen atoms in total. The standard InChI is InChI=1S/C25H26N4O4/c1-17-6-4-7-18(14-17)25(33)29-11-5-10-28(12-13-29)22(30)16-27-24(32)20-15-26-21-9-3-2-8-19(21)23(20)31/h2-4,6-9,14-15H,5,10-13,16H2,1H3,(H,26,31)(H,27,32). The maximum atomic E-state index is 12.8. The number of aromatic nitrogens is 1. The minimum atomic E-state index is -0.596. The molecule has 0 atom stereocenters. The maximum Gasteiger partial charge on any atom is 0.257 e. The minimum absolute atomic E-state index is 0.0349. The quantitative estimate of drug-likeness (QED) is 0.639. The van der Waals surface area contributed by atoms with Crippen LogP contribution in [0.1, 0.15) is 32.7 Å². The van der Waals surface area contributed by atoms with Gasteiger partial charge in [0.05, 0.1) is 6.54 Å². The fourth-order valence-electron chi connectivity index (χ4n) is 4.03. The van der Waals surface area contributed by atoms with Gasteiger partial charge in [0.1, 0.15) is 5.56 Å². The average Bonchev–Trinajstić information content (AvgIpc) is 3.09. The van der Waals surface area contributed by atoms with Gasteiger partial charge < -0.3 is 20.1 Å². The van der Waals surface area contributed by atoms with Gasteiger partial charge in [-0.15, -0.1) is 0 Å². The van der Waals surface area contributed by atoms with Crippen molar-refractivity contribution in [1.29, 1.82) is 0 Å². The first-order valence-corrected chi connectivity index (χ1v) is 11.0. The zero-order valence-corrected chi connectivity index (χ0v) is 18.5. The fraction of sp³-hybridized carbons (Fsp3) is 0.280. The molecule has 1 fully saturated rings. The van der Waals surface area contributed by atoms with Gasteiger partial charge in [0.2, 0.25) is 11.3 Å². The highest BCUT2D eigenvalue weighted by molar-refractivity contribution is 5.98. The van der Waals surface area contributed by atoms with Crippen molar-refractivity contribution in [2.45, 2.75) is 13.3 Å². The Balaban J connectivity index is 1.34. The third kappa shape index (κ3) is 4.95. The molecule has 1 aliphatic heterocycles. The van der Waals surface area contributed by atoms with Crippen LogP contribution in [0.5, 0.6) is 0 Å². The fourth-order valence-corrected chi connectivity index (χ4v) is 4.03. The predicted molar refractivity (Wildman–Crippen MR) is 125 cm³/mol. The van der Waals surface area contributed by atoms with E-state index in [0.717, 1.165) is 5.56 Å². The number of aromatic amines is 1. The van der Waals surface area contributed by atoms with Gasteiger partial charge in [0.25, 0.3) is 11.8 Å². The number of nitrogens with zero attached hydrogens (tertiary/aromatic N) is 2. The molecule has 2 aromatic carbocycles. The molecule has 1 aliphatic rings. The number of aryl methyl sites for hydroxylation is 1. The first-order chi connectivity index (χ1) is 15.9. The molecule has 33 heavy (non-hydrogen) atoms. The second-order valence-electron chi connectivity index (χ2n) is 8.16. The summed E-state index contributed by atoms with van der Waals surface area (Å²) in [4.78, 5) is 57.0. The third-order valence-electron chi connectivity index (χ3n) is 5.83. The first kappa shape index (κ1) is 22.3. The number of hydrogen-bond acceptors (Lipinski definition) is 4. The van der Waals surface area contributed by atoms with Crippen LogP contribution in [-0.2, 0) is 4.79 Å². The molecule has 3 aromatic rings. The number of rotatable bonds is 4. The van der Waals surface area contributed by atoms with Crippen LogP contribution in [0.15, 0.2) is 59.5 Å². The van der Waals surface area contributed by atoms with E-state index in [1.807, 2.05) is 25.1 Å². The van der Waals surface area contributed by atoms with Gasteiger partial charge in [-0.3, -0.25) is 19.2 Å². The number of pyridine rings is 1. The van der Waals surface area contributed by atoms with Crippen molar-refractivity contribution in [1.82, 2.24) is 20.1 Å². The third-order valence-corrected chi connectivity index (χ3v) is 5.83. The number of carbonyl (C=O) groups is 3. The number of benzene rings is 2. The lowest BCUT2D eigenvalue weighted by Crippen LogP contribution is -2.43. The number of H-pyrrole nitrogens is 1. The van der Waals surface area contributed by atoms with Crippen LogP contribution in [-0.4, -0.2) is 65.2 Å². The average molecular weight is 447 g/mol. The summed E-state index contributed by atoms with van der Waals surface area (Å²) in [5.74, 6) is -0.885. The lowest BCUT2D eigenvalue weighted by molar-refractivity contribution is -0.129. The summed E-state index contributed by atoms with van der Waals surface area (Å²) >= 11 is 0. The highest BCUT2D eigenvalue weighted by Crippen LogP contribution is 2.11.